The lowest BCUT2D eigenvalue weighted by atomic mass is 9.91. The molecule has 0 aliphatic carbocycles. The van der Waals surface area contributed by atoms with Crippen molar-refractivity contribution in [2.45, 2.75) is 25.8 Å². The molecule has 1 aliphatic rings. The van der Waals surface area contributed by atoms with Gasteiger partial charge in [-0.3, -0.25) is 9.59 Å². The van der Waals surface area contributed by atoms with Crippen LogP contribution < -0.4 is 10.6 Å². The minimum Gasteiger partial charge on any atom is -0.468 e. The molecule has 0 aromatic rings. The molecule has 0 aromatic heterocycles. The molecular formula is C10H19ClN2O3. The Kier molecular flexibility index (Phi) is 7.08. The number of carbonyl (C=O) groups excluding carboxylic acids is 2. The summed E-state index contributed by atoms with van der Waals surface area (Å²) >= 11 is 0. The number of carbonyl (C=O) groups is 2. The number of rotatable bonds is 3. The second-order valence-electron chi connectivity index (χ2n) is 3.79. The van der Waals surface area contributed by atoms with Gasteiger partial charge in [-0.05, 0) is 26.3 Å². The van der Waals surface area contributed by atoms with E-state index in [0.717, 1.165) is 19.4 Å². The van der Waals surface area contributed by atoms with E-state index in [-0.39, 0.29) is 36.8 Å². The molecule has 1 rings (SSSR count). The number of methoxy groups -OCH3 is 1. The van der Waals surface area contributed by atoms with E-state index in [9.17, 15) is 9.59 Å². The van der Waals surface area contributed by atoms with Gasteiger partial charge in [-0.2, -0.15) is 0 Å². The highest BCUT2D eigenvalue weighted by Crippen LogP contribution is 2.15. The highest BCUT2D eigenvalue weighted by atomic mass is 35.5. The van der Waals surface area contributed by atoms with E-state index in [1.807, 2.05) is 6.92 Å². The molecule has 1 saturated heterocycles. The van der Waals surface area contributed by atoms with Crippen LogP contribution in [0.2, 0.25) is 0 Å². The zero-order valence-electron chi connectivity index (χ0n) is 9.62. The van der Waals surface area contributed by atoms with Crippen LogP contribution in [0, 0.1) is 5.92 Å². The summed E-state index contributed by atoms with van der Waals surface area (Å²) < 4.78 is 4.45. The molecular weight excluding hydrogens is 232 g/mol. The molecule has 1 aliphatic heterocycles. The molecule has 1 heterocycles. The lowest BCUT2D eigenvalue weighted by molar-refractivity contribution is -0.141. The molecule has 0 spiro atoms. The number of ether oxygens (including phenoxy) is 1. The molecule has 2 atom stereocenters. The fraction of sp³-hybridized carbons (Fsp3) is 0.800. The van der Waals surface area contributed by atoms with E-state index in [1.165, 1.54) is 7.11 Å². The summed E-state index contributed by atoms with van der Waals surface area (Å²) in [7, 11) is 1.30. The van der Waals surface area contributed by atoms with Gasteiger partial charge in [0.2, 0.25) is 5.91 Å². The summed E-state index contributed by atoms with van der Waals surface area (Å²) in [5.74, 6) is -0.525. The molecule has 1 fully saturated rings. The molecule has 0 unspecified atom stereocenters. The van der Waals surface area contributed by atoms with Gasteiger partial charge < -0.3 is 15.4 Å². The molecule has 0 saturated carbocycles. The predicted octanol–water partition coefficient (Wildman–Crippen LogP) is 0.0855. The normalized spacial score (nSPS) is 24.1. The van der Waals surface area contributed by atoms with Crippen LogP contribution in [0.25, 0.3) is 0 Å². The summed E-state index contributed by atoms with van der Waals surface area (Å²) in [6.07, 6.45) is 1.88. The van der Waals surface area contributed by atoms with Crippen molar-refractivity contribution < 1.29 is 14.3 Å². The van der Waals surface area contributed by atoms with E-state index in [1.54, 1.807) is 0 Å². The van der Waals surface area contributed by atoms with Crippen LogP contribution >= 0.6 is 12.4 Å². The lowest BCUT2D eigenvalue weighted by Crippen LogP contribution is -2.47. The van der Waals surface area contributed by atoms with Gasteiger partial charge in [0, 0.05) is 6.04 Å². The van der Waals surface area contributed by atoms with Crippen molar-refractivity contribution in [2.75, 3.05) is 20.2 Å². The summed E-state index contributed by atoms with van der Waals surface area (Å²) in [5, 5.41) is 5.82. The van der Waals surface area contributed by atoms with Gasteiger partial charge in [-0.15, -0.1) is 12.4 Å². The first-order valence-electron chi connectivity index (χ1n) is 5.23. The van der Waals surface area contributed by atoms with Crippen LogP contribution in [-0.2, 0) is 14.3 Å². The minimum absolute atomic E-state index is 0. The van der Waals surface area contributed by atoms with Gasteiger partial charge in [0.1, 0.15) is 6.54 Å². The van der Waals surface area contributed by atoms with Crippen molar-refractivity contribution in [3.05, 3.63) is 0 Å². The number of hydrogen-bond donors (Lipinski definition) is 2. The highest BCUT2D eigenvalue weighted by Gasteiger charge is 2.27. The van der Waals surface area contributed by atoms with Gasteiger partial charge in [0.25, 0.3) is 0 Å². The Morgan fingerprint density at radius 3 is 2.75 bits per heavy atom. The second kappa shape index (κ2) is 7.46. The fourth-order valence-corrected chi connectivity index (χ4v) is 1.76. The summed E-state index contributed by atoms with van der Waals surface area (Å²) in [4.78, 5) is 22.5. The van der Waals surface area contributed by atoms with Crippen LogP contribution in [-0.4, -0.2) is 38.1 Å². The Morgan fingerprint density at radius 1 is 1.50 bits per heavy atom. The number of hydrogen-bond acceptors (Lipinski definition) is 4. The van der Waals surface area contributed by atoms with E-state index in [0.29, 0.717) is 0 Å². The quantitative estimate of drug-likeness (QED) is 0.697. The molecule has 0 aromatic carbocycles. The maximum Gasteiger partial charge on any atom is 0.325 e. The third-order valence-corrected chi connectivity index (χ3v) is 2.73. The summed E-state index contributed by atoms with van der Waals surface area (Å²) in [6, 6.07) is 0.177. The van der Waals surface area contributed by atoms with Gasteiger partial charge in [-0.25, -0.2) is 0 Å². The Morgan fingerprint density at radius 2 is 2.19 bits per heavy atom. The zero-order chi connectivity index (χ0) is 11.3. The molecule has 0 bridgehead atoms. The third-order valence-electron chi connectivity index (χ3n) is 2.73. The van der Waals surface area contributed by atoms with Crippen molar-refractivity contribution in [1.29, 1.82) is 0 Å². The van der Waals surface area contributed by atoms with Gasteiger partial charge in [-0.1, -0.05) is 0 Å². The Balaban J connectivity index is 0.00000225. The fourth-order valence-electron chi connectivity index (χ4n) is 1.76. The van der Waals surface area contributed by atoms with Crippen molar-refractivity contribution >= 4 is 24.3 Å². The summed E-state index contributed by atoms with van der Waals surface area (Å²) in [6.45, 7) is 2.90. The number of halogens is 1. The molecule has 94 valence electrons. The third kappa shape index (κ3) is 4.37. The Labute approximate surface area is 102 Å². The van der Waals surface area contributed by atoms with Crippen molar-refractivity contribution in [1.82, 2.24) is 10.6 Å². The molecule has 5 nitrogen and oxygen atoms in total. The molecule has 6 heteroatoms. The topological polar surface area (TPSA) is 67.4 Å². The van der Waals surface area contributed by atoms with E-state index in [2.05, 4.69) is 15.4 Å². The molecule has 0 radical (unpaired) electrons. The number of nitrogens with one attached hydrogen (secondary N) is 2. The largest absolute Gasteiger partial charge is 0.468 e. The second-order valence-corrected chi connectivity index (χ2v) is 3.79. The average molecular weight is 251 g/mol. The highest BCUT2D eigenvalue weighted by molar-refractivity contribution is 5.85. The van der Waals surface area contributed by atoms with Crippen LogP contribution in [0.5, 0.6) is 0 Å². The maximum absolute atomic E-state index is 11.7. The van der Waals surface area contributed by atoms with E-state index < -0.39 is 5.97 Å². The first-order chi connectivity index (χ1) is 7.15. The maximum atomic E-state index is 11.7. The molecule has 16 heavy (non-hydrogen) atoms. The van der Waals surface area contributed by atoms with E-state index >= 15 is 0 Å². The average Bonchev–Trinajstić information content (AvgIpc) is 2.26. The first-order valence-corrected chi connectivity index (χ1v) is 5.23. The monoisotopic (exact) mass is 250 g/mol. The van der Waals surface area contributed by atoms with Gasteiger partial charge >= 0.3 is 5.97 Å². The van der Waals surface area contributed by atoms with Crippen LogP contribution in [0.15, 0.2) is 0 Å². The lowest BCUT2D eigenvalue weighted by Gasteiger charge is -2.28. The van der Waals surface area contributed by atoms with Crippen molar-refractivity contribution in [2.24, 2.45) is 5.92 Å². The number of esters is 1. The SMILES string of the molecule is COC(=O)CNC(=O)[C@@H]1CCCN[C@@H]1C.Cl. The molecule has 1 amide bonds. The number of piperidine rings is 1. The standard InChI is InChI=1S/C10H18N2O3.ClH/c1-7-8(4-3-5-11-7)10(14)12-6-9(13)15-2;/h7-8,11H,3-6H2,1-2H3,(H,12,14);1H/t7-,8-;/m1./s1. The zero-order valence-corrected chi connectivity index (χ0v) is 10.4. The molecule has 2 N–H and O–H groups in total. The number of amides is 1. The Bertz CT molecular complexity index is 248. The van der Waals surface area contributed by atoms with Crippen LogP contribution in [0.1, 0.15) is 19.8 Å². The summed E-state index contributed by atoms with van der Waals surface area (Å²) in [5.41, 5.74) is 0. The Hall–Kier alpha value is -0.810. The first kappa shape index (κ1) is 15.2. The van der Waals surface area contributed by atoms with Crippen molar-refractivity contribution in [3.63, 3.8) is 0 Å². The van der Waals surface area contributed by atoms with E-state index in [4.69, 9.17) is 0 Å². The van der Waals surface area contributed by atoms with Crippen LogP contribution in [0.4, 0.5) is 0 Å². The van der Waals surface area contributed by atoms with Crippen molar-refractivity contribution in [3.8, 4) is 0 Å². The van der Waals surface area contributed by atoms with Gasteiger partial charge in [0.05, 0.1) is 13.0 Å². The minimum atomic E-state index is -0.417. The van der Waals surface area contributed by atoms with Crippen LogP contribution in [0.3, 0.4) is 0 Å². The smallest absolute Gasteiger partial charge is 0.325 e. The van der Waals surface area contributed by atoms with Gasteiger partial charge in [0.15, 0.2) is 0 Å². The predicted molar refractivity (Wildman–Crippen MR) is 62.5 cm³/mol.